The fourth-order valence-corrected chi connectivity index (χ4v) is 3.22. The number of esters is 3. The number of rotatable bonds is 13. The Labute approximate surface area is 212 Å². The third-order valence-electron chi connectivity index (χ3n) is 5.00. The van der Waals surface area contributed by atoms with E-state index in [2.05, 4.69) is 0 Å². The van der Waals surface area contributed by atoms with Gasteiger partial charge in [-0.05, 0) is 47.2 Å². The van der Waals surface area contributed by atoms with Gasteiger partial charge in [0.15, 0.2) is 0 Å². The maximum Gasteiger partial charge on any atom is 0.311 e. The Balaban J connectivity index is -0.000000243. The minimum Gasteiger partial charge on any atom is -0.469 e. The standard InChI is InChI=1S/C20H37NO7.6CH4/c1-8-19(3,17(24)26-7)14-20(4,18(25)28-11-9-21(5)6)13-15(2)16(23)27-12-10-22;;;;;;/h15,22H,8-14H2,1-7H3;6*1H4. The fourth-order valence-electron chi connectivity index (χ4n) is 3.22. The molecule has 0 rings (SSSR count). The average Bonchev–Trinajstić information content (AvgIpc) is 2.64. The van der Waals surface area contributed by atoms with Crippen LogP contribution in [0, 0.1) is 16.7 Å². The van der Waals surface area contributed by atoms with Gasteiger partial charge in [0.25, 0.3) is 0 Å². The number of likely N-dealkylation sites (N-methyl/N-ethyl adjacent to an activating group) is 1. The molecule has 0 aromatic carbocycles. The van der Waals surface area contributed by atoms with E-state index in [-0.39, 0.29) is 77.2 Å². The molecular weight excluding hydrogens is 438 g/mol. The quantitative estimate of drug-likeness (QED) is 0.263. The highest BCUT2D eigenvalue weighted by atomic mass is 16.5. The van der Waals surface area contributed by atoms with Crippen LogP contribution in [0.4, 0.5) is 0 Å². The smallest absolute Gasteiger partial charge is 0.311 e. The first-order valence-electron chi connectivity index (χ1n) is 9.63. The van der Waals surface area contributed by atoms with E-state index in [1.165, 1.54) is 7.11 Å². The molecule has 0 amide bonds. The molecule has 3 atom stereocenters. The van der Waals surface area contributed by atoms with E-state index in [1.54, 1.807) is 20.8 Å². The molecule has 0 aliphatic carbocycles. The maximum atomic E-state index is 12.9. The minimum atomic E-state index is -1.08. The van der Waals surface area contributed by atoms with Gasteiger partial charge in [0.05, 0.1) is 30.5 Å². The summed E-state index contributed by atoms with van der Waals surface area (Å²) >= 11 is 0. The third kappa shape index (κ3) is 16.0. The van der Waals surface area contributed by atoms with Crippen molar-refractivity contribution in [1.82, 2.24) is 4.90 Å². The summed E-state index contributed by atoms with van der Waals surface area (Å²) in [6.45, 7) is 7.39. The molecule has 0 saturated carbocycles. The Morgan fingerprint density at radius 3 is 1.76 bits per heavy atom. The van der Waals surface area contributed by atoms with Crippen molar-refractivity contribution in [2.45, 2.75) is 91.5 Å². The van der Waals surface area contributed by atoms with Crippen LogP contribution in [-0.2, 0) is 28.6 Å². The Morgan fingerprint density at radius 2 is 1.38 bits per heavy atom. The molecule has 3 unspecified atom stereocenters. The molecule has 212 valence electrons. The van der Waals surface area contributed by atoms with Crippen LogP contribution < -0.4 is 0 Å². The number of carbonyl (C=O) groups excluding carboxylic acids is 3. The number of carbonyl (C=O) groups is 3. The van der Waals surface area contributed by atoms with Crippen LogP contribution in [0.15, 0.2) is 0 Å². The van der Waals surface area contributed by atoms with Gasteiger partial charge in [-0.25, -0.2) is 0 Å². The minimum absolute atomic E-state index is 0. The van der Waals surface area contributed by atoms with Crippen molar-refractivity contribution in [2.24, 2.45) is 16.7 Å². The molecule has 0 spiro atoms. The summed E-state index contributed by atoms with van der Waals surface area (Å²) in [5.74, 6) is -1.97. The summed E-state index contributed by atoms with van der Waals surface area (Å²) in [6.07, 6.45) is 0.815. The molecule has 1 N–H and O–H groups in total. The highest BCUT2D eigenvalue weighted by molar-refractivity contribution is 5.81. The SMILES string of the molecule is C.C.C.C.C.C.CCC(C)(CC(C)(CC(C)C(=O)OCCO)C(=O)OCCN(C)C)C(=O)OC. The Morgan fingerprint density at radius 1 is 0.882 bits per heavy atom. The number of ether oxygens (including phenoxy) is 3. The highest BCUT2D eigenvalue weighted by Crippen LogP contribution is 2.42. The van der Waals surface area contributed by atoms with E-state index in [0.29, 0.717) is 13.0 Å². The topological polar surface area (TPSA) is 102 Å². The molecule has 0 saturated heterocycles. The summed E-state index contributed by atoms with van der Waals surface area (Å²) in [6, 6.07) is 0. The average molecular weight is 500 g/mol. The number of hydrogen-bond acceptors (Lipinski definition) is 8. The molecule has 34 heavy (non-hydrogen) atoms. The molecule has 0 aromatic rings. The normalized spacial score (nSPS) is 13.7. The number of methoxy groups -OCH3 is 1. The first-order chi connectivity index (χ1) is 13.0. The number of aliphatic hydroxyl groups excluding tert-OH is 1. The molecule has 0 aliphatic rings. The van der Waals surface area contributed by atoms with Gasteiger partial charge in [0, 0.05) is 6.54 Å². The summed E-state index contributed by atoms with van der Waals surface area (Å²) in [7, 11) is 5.06. The molecule has 0 bridgehead atoms. The van der Waals surface area contributed by atoms with Crippen molar-refractivity contribution < 1.29 is 33.7 Å². The van der Waals surface area contributed by atoms with Crippen molar-refractivity contribution in [2.75, 3.05) is 47.6 Å². The number of aliphatic hydroxyl groups is 1. The van der Waals surface area contributed by atoms with Crippen molar-refractivity contribution in [3.8, 4) is 0 Å². The number of hydrogen-bond donors (Lipinski definition) is 1. The predicted molar refractivity (Wildman–Crippen MR) is 145 cm³/mol. The maximum absolute atomic E-state index is 12.9. The number of nitrogens with zero attached hydrogens (tertiary/aromatic N) is 1. The lowest BCUT2D eigenvalue weighted by Crippen LogP contribution is -2.42. The van der Waals surface area contributed by atoms with Crippen LogP contribution in [0.3, 0.4) is 0 Å². The van der Waals surface area contributed by atoms with Gasteiger partial charge in [0.2, 0.25) is 0 Å². The summed E-state index contributed by atoms with van der Waals surface area (Å²) < 4.78 is 15.4. The van der Waals surface area contributed by atoms with Crippen molar-refractivity contribution in [1.29, 1.82) is 0 Å². The Hall–Kier alpha value is -1.67. The summed E-state index contributed by atoms with van der Waals surface area (Å²) in [5.41, 5.74) is -1.97. The summed E-state index contributed by atoms with van der Waals surface area (Å²) in [4.78, 5) is 39.3. The molecule has 8 nitrogen and oxygen atoms in total. The van der Waals surface area contributed by atoms with E-state index >= 15 is 0 Å². The van der Waals surface area contributed by atoms with Crippen molar-refractivity contribution in [3.63, 3.8) is 0 Å². The molecule has 0 radical (unpaired) electrons. The highest BCUT2D eigenvalue weighted by Gasteiger charge is 2.46. The zero-order chi connectivity index (χ0) is 22.0. The zero-order valence-corrected chi connectivity index (χ0v) is 18.4. The molecule has 0 heterocycles. The van der Waals surface area contributed by atoms with E-state index in [0.717, 1.165) is 0 Å². The second kappa shape index (κ2) is 23.1. The molecule has 0 fully saturated rings. The van der Waals surface area contributed by atoms with Gasteiger partial charge in [0.1, 0.15) is 13.2 Å². The largest absolute Gasteiger partial charge is 0.469 e. The van der Waals surface area contributed by atoms with Crippen LogP contribution in [-0.4, -0.2) is 75.5 Å². The first-order valence-corrected chi connectivity index (χ1v) is 9.63. The van der Waals surface area contributed by atoms with Gasteiger partial charge in [-0.3, -0.25) is 14.4 Å². The van der Waals surface area contributed by atoms with Crippen LogP contribution in [0.25, 0.3) is 0 Å². The first kappa shape index (κ1) is 49.5. The van der Waals surface area contributed by atoms with E-state index in [9.17, 15) is 14.4 Å². The van der Waals surface area contributed by atoms with Gasteiger partial charge in [-0.2, -0.15) is 0 Å². The van der Waals surface area contributed by atoms with E-state index in [1.807, 2.05) is 25.9 Å². The van der Waals surface area contributed by atoms with Crippen molar-refractivity contribution >= 4 is 17.9 Å². The predicted octanol–water partition coefficient (Wildman–Crippen LogP) is 5.46. The fraction of sp³-hybridized carbons (Fsp3) is 0.885. The lowest BCUT2D eigenvalue weighted by molar-refractivity contribution is -0.165. The van der Waals surface area contributed by atoms with Gasteiger partial charge in [-0.15, -0.1) is 0 Å². The lowest BCUT2D eigenvalue weighted by atomic mass is 9.68. The van der Waals surface area contributed by atoms with Crippen LogP contribution in [0.2, 0.25) is 0 Å². The molecule has 0 aromatic heterocycles. The van der Waals surface area contributed by atoms with Crippen LogP contribution >= 0.6 is 0 Å². The molecule has 0 aliphatic heterocycles. The van der Waals surface area contributed by atoms with Crippen LogP contribution in [0.5, 0.6) is 0 Å². The van der Waals surface area contributed by atoms with Gasteiger partial charge in [-0.1, -0.05) is 58.4 Å². The lowest BCUT2D eigenvalue weighted by Gasteiger charge is -2.37. The molecular formula is C26H61NO7. The van der Waals surface area contributed by atoms with Gasteiger partial charge < -0.3 is 24.2 Å². The van der Waals surface area contributed by atoms with Gasteiger partial charge >= 0.3 is 17.9 Å². The van der Waals surface area contributed by atoms with Crippen LogP contribution in [0.1, 0.15) is 91.5 Å². The summed E-state index contributed by atoms with van der Waals surface area (Å²) in [5, 5.41) is 8.83. The monoisotopic (exact) mass is 499 g/mol. The second-order valence-corrected chi connectivity index (χ2v) is 8.08. The molecule has 8 heteroatoms. The second-order valence-electron chi connectivity index (χ2n) is 8.08. The zero-order valence-electron chi connectivity index (χ0n) is 18.4. The Kier molecular flexibility index (Phi) is 33.6. The van der Waals surface area contributed by atoms with E-state index < -0.39 is 34.7 Å². The van der Waals surface area contributed by atoms with Crippen molar-refractivity contribution in [3.05, 3.63) is 0 Å². The van der Waals surface area contributed by atoms with E-state index in [4.69, 9.17) is 19.3 Å². The Bertz CT molecular complexity index is 525. The third-order valence-corrected chi connectivity index (χ3v) is 5.00.